The number of nitrogens with zero attached hydrogens (tertiary/aromatic N) is 1. The number of carbonyl (C=O) groups excluding carboxylic acids is 1. The molecule has 3 aromatic rings. The van der Waals surface area contributed by atoms with Crippen LogP contribution in [-0.2, 0) is 0 Å². The smallest absolute Gasteiger partial charge is 0.158 e. The summed E-state index contributed by atoms with van der Waals surface area (Å²) < 4.78 is 5.76. The van der Waals surface area contributed by atoms with Crippen molar-refractivity contribution in [3.8, 4) is 17.2 Å². The van der Waals surface area contributed by atoms with Crippen molar-refractivity contribution < 1.29 is 14.4 Å². The molecule has 0 atom stereocenters. The lowest BCUT2D eigenvalue weighted by Crippen LogP contribution is -1.98. The molecule has 3 rings (SSSR count). The average molecular weight is 331 g/mol. The molecule has 4 nitrogen and oxygen atoms in total. The van der Waals surface area contributed by atoms with E-state index >= 15 is 0 Å². The van der Waals surface area contributed by atoms with Gasteiger partial charge in [0.15, 0.2) is 5.75 Å². The summed E-state index contributed by atoms with van der Waals surface area (Å²) in [4.78, 5) is 16.0. The number of carbonyl (C=O) groups is 1. The van der Waals surface area contributed by atoms with Crippen LogP contribution < -0.4 is 9.57 Å². The van der Waals surface area contributed by atoms with E-state index < -0.39 is 0 Å². The molecule has 0 aromatic heterocycles. The minimum Gasteiger partial charge on any atom is -0.457 e. The normalized spacial score (nSPS) is 11.0. The summed E-state index contributed by atoms with van der Waals surface area (Å²) in [5.41, 5.74) is 2.28. The van der Waals surface area contributed by atoms with Crippen molar-refractivity contribution in [3.05, 3.63) is 90.0 Å². The topological polar surface area (TPSA) is 47.9 Å². The second kappa shape index (κ2) is 7.93. The molecule has 124 valence electrons. The van der Waals surface area contributed by atoms with Crippen LogP contribution >= 0.6 is 0 Å². The number of aldehydes is 1. The second-order valence-corrected chi connectivity index (χ2v) is 5.39. The lowest BCUT2D eigenvalue weighted by Gasteiger charge is -2.07. The Labute approximate surface area is 146 Å². The molecule has 0 saturated carbocycles. The summed E-state index contributed by atoms with van der Waals surface area (Å²) in [6.07, 6.45) is 0.789. The predicted molar refractivity (Wildman–Crippen MR) is 97.6 cm³/mol. The van der Waals surface area contributed by atoms with Crippen molar-refractivity contribution in [3.63, 3.8) is 0 Å². The average Bonchev–Trinajstić information content (AvgIpc) is 2.68. The molecule has 0 aliphatic heterocycles. The first-order valence-electron chi connectivity index (χ1n) is 7.85. The minimum absolute atomic E-state index is 0.578. The summed E-state index contributed by atoms with van der Waals surface area (Å²) in [6, 6.07) is 24.0. The lowest BCUT2D eigenvalue weighted by molar-refractivity contribution is 0.112. The fourth-order valence-electron chi connectivity index (χ4n) is 2.17. The van der Waals surface area contributed by atoms with Crippen LogP contribution in [0.4, 0.5) is 0 Å². The van der Waals surface area contributed by atoms with Crippen molar-refractivity contribution >= 4 is 12.0 Å². The fraction of sp³-hybridized carbons (Fsp3) is 0.0476. The molecule has 0 amide bonds. The Kier molecular flexibility index (Phi) is 5.22. The van der Waals surface area contributed by atoms with Crippen LogP contribution in [0.1, 0.15) is 22.8 Å². The highest BCUT2D eigenvalue weighted by Crippen LogP contribution is 2.21. The fourth-order valence-corrected chi connectivity index (χ4v) is 2.17. The van der Waals surface area contributed by atoms with Crippen LogP contribution in [0, 0.1) is 0 Å². The van der Waals surface area contributed by atoms with Gasteiger partial charge in [0.25, 0.3) is 0 Å². The molecule has 0 N–H and O–H groups in total. The van der Waals surface area contributed by atoms with E-state index in [0.717, 1.165) is 29.1 Å². The van der Waals surface area contributed by atoms with E-state index in [2.05, 4.69) is 5.16 Å². The van der Waals surface area contributed by atoms with Gasteiger partial charge in [-0.3, -0.25) is 4.79 Å². The van der Waals surface area contributed by atoms with Gasteiger partial charge in [-0.15, -0.1) is 0 Å². The third-order valence-electron chi connectivity index (χ3n) is 3.56. The van der Waals surface area contributed by atoms with E-state index in [1.54, 1.807) is 24.3 Å². The number of para-hydroxylation sites is 1. The van der Waals surface area contributed by atoms with E-state index in [-0.39, 0.29) is 0 Å². The highest BCUT2D eigenvalue weighted by Gasteiger charge is 2.01. The van der Waals surface area contributed by atoms with E-state index in [9.17, 15) is 4.79 Å². The van der Waals surface area contributed by atoms with Gasteiger partial charge in [-0.05, 0) is 73.2 Å². The van der Waals surface area contributed by atoms with Gasteiger partial charge >= 0.3 is 0 Å². The Morgan fingerprint density at radius 3 is 2.04 bits per heavy atom. The van der Waals surface area contributed by atoms with Crippen molar-refractivity contribution in [1.82, 2.24) is 0 Å². The molecule has 4 heteroatoms. The molecule has 0 unspecified atom stereocenters. The Hall–Kier alpha value is -3.40. The molecule has 3 aromatic carbocycles. The Bertz CT molecular complexity index is 854. The van der Waals surface area contributed by atoms with Gasteiger partial charge in [0.2, 0.25) is 0 Å². The third kappa shape index (κ3) is 4.54. The Morgan fingerprint density at radius 2 is 1.40 bits per heavy atom. The highest BCUT2D eigenvalue weighted by molar-refractivity contribution is 5.98. The van der Waals surface area contributed by atoms with Crippen LogP contribution in [0.15, 0.2) is 84.0 Å². The maximum Gasteiger partial charge on any atom is 0.158 e. The summed E-state index contributed by atoms with van der Waals surface area (Å²) in [5, 5.41) is 4.12. The Balaban J connectivity index is 1.65. The minimum atomic E-state index is 0.578. The van der Waals surface area contributed by atoms with E-state index in [1.165, 1.54) is 0 Å². The van der Waals surface area contributed by atoms with E-state index in [1.807, 2.05) is 61.5 Å². The maximum absolute atomic E-state index is 10.6. The van der Waals surface area contributed by atoms with Gasteiger partial charge in [-0.25, -0.2) is 0 Å². The second-order valence-electron chi connectivity index (χ2n) is 5.39. The molecule has 0 spiro atoms. The van der Waals surface area contributed by atoms with Crippen LogP contribution in [0.3, 0.4) is 0 Å². The van der Waals surface area contributed by atoms with Crippen molar-refractivity contribution in [2.75, 3.05) is 0 Å². The summed E-state index contributed by atoms with van der Waals surface area (Å²) in [6.45, 7) is 1.87. The number of hydrogen-bond acceptors (Lipinski definition) is 4. The molecule has 0 aliphatic rings. The largest absolute Gasteiger partial charge is 0.457 e. The first kappa shape index (κ1) is 16.5. The van der Waals surface area contributed by atoms with E-state index in [4.69, 9.17) is 9.57 Å². The molecule has 25 heavy (non-hydrogen) atoms. The number of oxime groups is 1. The van der Waals surface area contributed by atoms with Gasteiger partial charge in [0.05, 0.1) is 5.71 Å². The zero-order chi connectivity index (χ0) is 17.5. The molecule has 0 saturated heterocycles. The molecular formula is C21H17NO3. The number of hydrogen-bond donors (Lipinski definition) is 0. The molecule has 0 fully saturated rings. The van der Waals surface area contributed by atoms with Crippen molar-refractivity contribution in [1.29, 1.82) is 0 Å². The summed E-state index contributed by atoms with van der Waals surface area (Å²) in [5.74, 6) is 2.13. The van der Waals surface area contributed by atoms with Crippen LogP contribution in [0.2, 0.25) is 0 Å². The quantitative estimate of drug-likeness (QED) is 0.359. The van der Waals surface area contributed by atoms with Crippen molar-refractivity contribution in [2.24, 2.45) is 5.16 Å². The van der Waals surface area contributed by atoms with E-state index in [0.29, 0.717) is 11.3 Å². The monoisotopic (exact) mass is 331 g/mol. The number of rotatable bonds is 6. The maximum atomic E-state index is 10.6. The van der Waals surface area contributed by atoms with Gasteiger partial charge in [0.1, 0.15) is 17.8 Å². The lowest BCUT2D eigenvalue weighted by atomic mass is 10.1. The Morgan fingerprint density at radius 1 is 0.800 bits per heavy atom. The number of benzene rings is 3. The summed E-state index contributed by atoms with van der Waals surface area (Å²) in [7, 11) is 0. The zero-order valence-electron chi connectivity index (χ0n) is 13.8. The van der Waals surface area contributed by atoms with Gasteiger partial charge in [-0.2, -0.15) is 0 Å². The van der Waals surface area contributed by atoms with Crippen molar-refractivity contribution in [2.45, 2.75) is 6.92 Å². The third-order valence-corrected chi connectivity index (χ3v) is 3.56. The molecule has 0 aliphatic carbocycles. The molecule has 0 heterocycles. The highest BCUT2D eigenvalue weighted by atomic mass is 16.6. The van der Waals surface area contributed by atoms with Gasteiger partial charge in [-0.1, -0.05) is 23.4 Å². The van der Waals surface area contributed by atoms with Crippen LogP contribution in [0.5, 0.6) is 17.2 Å². The van der Waals surface area contributed by atoms with Gasteiger partial charge in [0, 0.05) is 5.56 Å². The molecule has 0 radical (unpaired) electrons. The summed E-state index contributed by atoms with van der Waals surface area (Å²) >= 11 is 0. The SMILES string of the molecule is C/C(=N\Oc1ccc(C=O)cc1)c1ccc(Oc2ccccc2)cc1. The number of ether oxygens (including phenoxy) is 1. The van der Waals surface area contributed by atoms with Crippen LogP contribution in [0.25, 0.3) is 0 Å². The first-order chi connectivity index (χ1) is 12.2. The standard InChI is InChI=1S/C21H17NO3/c1-16(22-25-21-11-7-17(15-23)8-12-21)18-9-13-20(14-10-18)24-19-5-3-2-4-6-19/h2-15H,1H3/b22-16+. The van der Waals surface area contributed by atoms with Gasteiger partial charge < -0.3 is 9.57 Å². The zero-order valence-corrected chi connectivity index (χ0v) is 13.8. The van der Waals surface area contributed by atoms with Crippen LogP contribution in [-0.4, -0.2) is 12.0 Å². The predicted octanol–water partition coefficient (Wildman–Crippen LogP) is 5.09. The molecule has 0 bridgehead atoms. The molecular weight excluding hydrogens is 314 g/mol. The first-order valence-corrected chi connectivity index (χ1v) is 7.85.